The van der Waals surface area contributed by atoms with Gasteiger partial charge in [0.1, 0.15) is 10.8 Å². The van der Waals surface area contributed by atoms with Gasteiger partial charge < -0.3 is 5.84 Å². The number of hydrogen-bond donors (Lipinski definition) is 1. The summed E-state index contributed by atoms with van der Waals surface area (Å²) in [6.45, 7) is 2.07. The normalized spacial score (nSPS) is 11.1. The average molecular weight is 412 g/mol. The summed E-state index contributed by atoms with van der Waals surface area (Å²) in [5, 5.41) is 11.9. The average Bonchev–Trinajstić information content (AvgIpc) is 3.30. The van der Waals surface area contributed by atoms with Gasteiger partial charge in [0, 0.05) is 23.1 Å². The van der Waals surface area contributed by atoms with Crippen LogP contribution in [0.15, 0.2) is 59.1 Å². The first-order valence-electron chi connectivity index (χ1n) is 8.67. The SMILES string of the molecule is Cc1ccc(-c2nc(CSc3nnc(Cc4ccccc4F)n3N)cs2)cc1. The van der Waals surface area contributed by atoms with Crippen LogP contribution in [-0.4, -0.2) is 19.9 Å². The summed E-state index contributed by atoms with van der Waals surface area (Å²) in [6.07, 6.45) is 0.297. The summed E-state index contributed by atoms with van der Waals surface area (Å²) in [6, 6.07) is 14.9. The Bertz CT molecular complexity index is 1090. The molecule has 2 heterocycles. The lowest BCUT2D eigenvalue weighted by molar-refractivity contribution is 0.610. The summed E-state index contributed by atoms with van der Waals surface area (Å²) in [5.41, 5.74) is 3.84. The number of aromatic nitrogens is 4. The first kappa shape index (κ1) is 18.6. The van der Waals surface area contributed by atoms with Gasteiger partial charge in [-0.05, 0) is 18.6 Å². The maximum atomic E-state index is 13.8. The molecule has 0 aliphatic carbocycles. The quantitative estimate of drug-likeness (QED) is 0.375. The predicted octanol–water partition coefficient (Wildman–Crippen LogP) is 4.45. The molecule has 28 heavy (non-hydrogen) atoms. The minimum Gasteiger partial charge on any atom is -0.336 e. The van der Waals surface area contributed by atoms with Gasteiger partial charge in [-0.3, -0.25) is 0 Å². The van der Waals surface area contributed by atoms with Crippen molar-refractivity contribution in [2.75, 3.05) is 5.84 Å². The molecule has 0 amide bonds. The summed E-state index contributed by atoms with van der Waals surface area (Å²) in [5.74, 6) is 6.99. The largest absolute Gasteiger partial charge is 0.336 e. The fourth-order valence-corrected chi connectivity index (χ4v) is 4.38. The van der Waals surface area contributed by atoms with Gasteiger partial charge in [-0.1, -0.05) is 59.8 Å². The molecular weight excluding hydrogens is 393 g/mol. The van der Waals surface area contributed by atoms with Crippen LogP contribution in [0.25, 0.3) is 10.6 Å². The van der Waals surface area contributed by atoms with Gasteiger partial charge in [0.2, 0.25) is 5.16 Å². The lowest BCUT2D eigenvalue weighted by Crippen LogP contribution is -2.14. The van der Waals surface area contributed by atoms with Gasteiger partial charge in [-0.25, -0.2) is 14.1 Å². The molecule has 0 saturated carbocycles. The third-order valence-electron chi connectivity index (χ3n) is 4.24. The molecule has 0 aliphatic heterocycles. The molecule has 0 aliphatic rings. The van der Waals surface area contributed by atoms with Gasteiger partial charge in [-0.15, -0.1) is 21.5 Å². The van der Waals surface area contributed by atoms with Crippen molar-refractivity contribution in [3.63, 3.8) is 0 Å². The predicted molar refractivity (Wildman–Crippen MR) is 111 cm³/mol. The van der Waals surface area contributed by atoms with E-state index in [1.54, 1.807) is 29.5 Å². The molecule has 4 rings (SSSR count). The smallest absolute Gasteiger partial charge is 0.210 e. The van der Waals surface area contributed by atoms with E-state index in [1.807, 2.05) is 5.38 Å². The fraction of sp³-hybridized carbons (Fsp3) is 0.150. The molecule has 2 N–H and O–H groups in total. The molecule has 0 atom stereocenters. The molecule has 0 spiro atoms. The minimum atomic E-state index is -0.272. The Morgan fingerprint density at radius 2 is 1.89 bits per heavy atom. The Morgan fingerprint density at radius 3 is 2.68 bits per heavy atom. The second-order valence-electron chi connectivity index (χ2n) is 6.34. The molecular formula is C20H18FN5S2. The van der Waals surface area contributed by atoms with Crippen molar-refractivity contribution < 1.29 is 4.39 Å². The van der Waals surface area contributed by atoms with Crippen LogP contribution in [0.3, 0.4) is 0 Å². The highest BCUT2D eigenvalue weighted by molar-refractivity contribution is 7.98. The Balaban J connectivity index is 1.42. The first-order chi connectivity index (χ1) is 13.6. The van der Waals surface area contributed by atoms with Gasteiger partial charge in [0.05, 0.1) is 5.69 Å². The maximum absolute atomic E-state index is 13.8. The summed E-state index contributed by atoms with van der Waals surface area (Å²) >= 11 is 3.08. The van der Waals surface area contributed by atoms with Crippen molar-refractivity contribution in [2.45, 2.75) is 24.3 Å². The fourth-order valence-electron chi connectivity index (χ4n) is 2.68. The minimum absolute atomic E-state index is 0.272. The van der Waals surface area contributed by atoms with Crippen molar-refractivity contribution >= 4 is 23.1 Å². The molecule has 2 aromatic carbocycles. The van der Waals surface area contributed by atoms with Crippen LogP contribution in [0.5, 0.6) is 0 Å². The Morgan fingerprint density at radius 1 is 1.11 bits per heavy atom. The number of thiazole rings is 1. The van der Waals surface area contributed by atoms with Crippen LogP contribution in [0.2, 0.25) is 0 Å². The number of nitrogens with zero attached hydrogens (tertiary/aromatic N) is 4. The monoisotopic (exact) mass is 411 g/mol. The van der Waals surface area contributed by atoms with Crippen molar-refractivity contribution in [1.82, 2.24) is 19.9 Å². The molecule has 0 radical (unpaired) electrons. The van der Waals surface area contributed by atoms with Crippen molar-refractivity contribution in [3.8, 4) is 10.6 Å². The van der Waals surface area contributed by atoms with Gasteiger partial charge in [0.25, 0.3) is 0 Å². The standard InChI is InChI=1S/C20H18FN5S2/c1-13-6-8-14(9-7-13)19-23-16(11-27-19)12-28-20-25-24-18(26(20)22)10-15-4-2-3-5-17(15)21/h2-9,11H,10,12,22H2,1H3. The van der Waals surface area contributed by atoms with Gasteiger partial charge in [-0.2, -0.15) is 0 Å². The third kappa shape index (κ3) is 4.07. The number of thioether (sulfide) groups is 1. The van der Waals surface area contributed by atoms with E-state index in [-0.39, 0.29) is 5.82 Å². The van der Waals surface area contributed by atoms with Crippen LogP contribution in [0, 0.1) is 12.7 Å². The molecule has 0 bridgehead atoms. The number of aryl methyl sites for hydroxylation is 1. The van der Waals surface area contributed by atoms with Crippen LogP contribution in [0.4, 0.5) is 4.39 Å². The molecule has 142 valence electrons. The molecule has 4 aromatic rings. The van der Waals surface area contributed by atoms with Crippen LogP contribution >= 0.6 is 23.1 Å². The lowest BCUT2D eigenvalue weighted by Gasteiger charge is -2.04. The second kappa shape index (κ2) is 8.12. The van der Waals surface area contributed by atoms with Crippen molar-refractivity contribution in [3.05, 3.63) is 82.4 Å². The van der Waals surface area contributed by atoms with E-state index in [4.69, 9.17) is 10.8 Å². The van der Waals surface area contributed by atoms with E-state index < -0.39 is 0 Å². The summed E-state index contributed by atoms with van der Waals surface area (Å²) < 4.78 is 15.3. The van der Waals surface area contributed by atoms with Crippen molar-refractivity contribution in [1.29, 1.82) is 0 Å². The summed E-state index contributed by atoms with van der Waals surface area (Å²) in [7, 11) is 0. The zero-order valence-electron chi connectivity index (χ0n) is 15.2. The highest BCUT2D eigenvalue weighted by atomic mass is 32.2. The highest BCUT2D eigenvalue weighted by Crippen LogP contribution is 2.27. The Kier molecular flexibility index (Phi) is 5.40. The third-order valence-corrected chi connectivity index (χ3v) is 6.16. The Hall–Kier alpha value is -2.71. The number of rotatable bonds is 6. The first-order valence-corrected chi connectivity index (χ1v) is 10.5. The molecule has 2 aromatic heterocycles. The number of nitrogens with two attached hydrogens (primary N) is 1. The van der Waals surface area contributed by atoms with Crippen LogP contribution in [-0.2, 0) is 12.2 Å². The van der Waals surface area contributed by atoms with E-state index >= 15 is 0 Å². The van der Waals surface area contributed by atoms with E-state index in [0.29, 0.717) is 28.7 Å². The van der Waals surface area contributed by atoms with E-state index in [1.165, 1.54) is 28.1 Å². The molecule has 5 nitrogen and oxygen atoms in total. The zero-order chi connectivity index (χ0) is 19.5. The van der Waals surface area contributed by atoms with Gasteiger partial charge in [0.15, 0.2) is 5.82 Å². The highest BCUT2D eigenvalue weighted by Gasteiger charge is 2.14. The topological polar surface area (TPSA) is 69.6 Å². The number of hydrogen-bond acceptors (Lipinski definition) is 6. The number of nitrogen functional groups attached to an aromatic ring is 1. The molecule has 8 heteroatoms. The second-order valence-corrected chi connectivity index (χ2v) is 8.14. The summed E-state index contributed by atoms with van der Waals surface area (Å²) in [4.78, 5) is 4.69. The molecule has 0 unspecified atom stereocenters. The molecule has 0 saturated heterocycles. The lowest BCUT2D eigenvalue weighted by atomic mass is 10.1. The van der Waals surface area contributed by atoms with Crippen LogP contribution < -0.4 is 5.84 Å². The molecule has 0 fully saturated rings. The van der Waals surface area contributed by atoms with E-state index in [0.717, 1.165) is 16.3 Å². The maximum Gasteiger partial charge on any atom is 0.210 e. The number of benzene rings is 2. The zero-order valence-corrected chi connectivity index (χ0v) is 16.8. The van der Waals surface area contributed by atoms with Gasteiger partial charge >= 0.3 is 0 Å². The van der Waals surface area contributed by atoms with E-state index in [2.05, 4.69) is 41.4 Å². The number of halogens is 1. The van der Waals surface area contributed by atoms with Crippen LogP contribution in [0.1, 0.15) is 22.6 Å². The Labute approximate surface area is 170 Å². The van der Waals surface area contributed by atoms with Crippen molar-refractivity contribution in [2.24, 2.45) is 0 Å². The van der Waals surface area contributed by atoms with E-state index in [9.17, 15) is 4.39 Å².